The average molecular weight is 268 g/mol. The van der Waals surface area contributed by atoms with E-state index in [4.69, 9.17) is 9.26 Å². The number of aromatic nitrogens is 1. The molecular formula is C13H14F2N2O2. The van der Waals surface area contributed by atoms with Gasteiger partial charge in [0, 0.05) is 26.3 Å². The third kappa shape index (κ3) is 3.59. The monoisotopic (exact) mass is 268 g/mol. The number of methoxy groups -OCH3 is 1. The molecule has 6 heteroatoms. The maximum Gasteiger partial charge on any atom is 0.170 e. The van der Waals surface area contributed by atoms with Crippen LogP contribution >= 0.6 is 0 Å². The van der Waals surface area contributed by atoms with Gasteiger partial charge in [-0.05, 0) is 18.2 Å². The summed E-state index contributed by atoms with van der Waals surface area (Å²) in [6.07, 6.45) is 0. The zero-order valence-corrected chi connectivity index (χ0v) is 10.5. The van der Waals surface area contributed by atoms with E-state index in [0.29, 0.717) is 25.4 Å². The van der Waals surface area contributed by atoms with Gasteiger partial charge < -0.3 is 14.6 Å². The van der Waals surface area contributed by atoms with Crippen molar-refractivity contribution in [1.82, 2.24) is 10.5 Å². The van der Waals surface area contributed by atoms with E-state index in [2.05, 4.69) is 10.5 Å². The second-order valence-corrected chi connectivity index (χ2v) is 3.98. The second-order valence-electron chi connectivity index (χ2n) is 3.98. The van der Waals surface area contributed by atoms with E-state index in [1.807, 2.05) is 0 Å². The first-order valence-corrected chi connectivity index (χ1v) is 5.81. The fraction of sp³-hybridized carbons (Fsp3) is 0.308. The molecule has 0 saturated carbocycles. The molecule has 0 atom stereocenters. The highest BCUT2D eigenvalue weighted by Gasteiger charge is 2.12. The summed E-state index contributed by atoms with van der Waals surface area (Å²) in [5, 5.41) is 6.87. The molecule has 0 bridgehead atoms. The summed E-state index contributed by atoms with van der Waals surface area (Å²) in [5.74, 6) is -0.857. The van der Waals surface area contributed by atoms with Crippen molar-refractivity contribution in [3.63, 3.8) is 0 Å². The van der Waals surface area contributed by atoms with Crippen LogP contribution in [-0.2, 0) is 11.3 Å². The van der Waals surface area contributed by atoms with Crippen LogP contribution in [0.2, 0.25) is 0 Å². The van der Waals surface area contributed by atoms with Crippen molar-refractivity contribution in [2.75, 3.05) is 20.3 Å². The van der Waals surface area contributed by atoms with E-state index >= 15 is 0 Å². The molecule has 1 aromatic carbocycles. The Kier molecular flexibility index (Phi) is 4.59. The minimum atomic E-state index is -0.545. The van der Waals surface area contributed by atoms with Crippen molar-refractivity contribution >= 4 is 0 Å². The third-order valence-corrected chi connectivity index (χ3v) is 2.54. The number of hydrogen-bond acceptors (Lipinski definition) is 4. The molecule has 19 heavy (non-hydrogen) atoms. The minimum Gasteiger partial charge on any atom is -0.383 e. The Labute approximate surface area is 109 Å². The van der Waals surface area contributed by atoms with Crippen molar-refractivity contribution in [2.45, 2.75) is 6.54 Å². The van der Waals surface area contributed by atoms with Crippen molar-refractivity contribution in [1.29, 1.82) is 0 Å². The van der Waals surface area contributed by atoms with Crippen LogP contribution in [0.3, 0.4) is 0 Å². The first kappa shape index (κ1) is 13.6. The molecule has 102 valence electrons. The van der Waals surface area contributed by atoms with Crippen molar-refractivity contribution in [3.05, 3.63) is 41.6 Å². The molecule has 0 fully saturated rings. The zero-order valence-electron chi connectivity index (χ0n) is 10.5. The highest BCUT2D eigenvalue weighted by atomic mass is 19.1. The molecule has 2 aromatic rings. The van der Waals surface area contributed by atoms with Crippen molar-refractivity contribution in [3.8, 4) is 11.3 Å². The highest BCUT2D eigenvalue weighted by Crippen LogP contribution is 2.24. The molecule has 0 saturated heterocycles. The molecule has 0 aliphatic rings. The Balaban J connectivity index is 2.06. The molecule has 0 spiro atoms. The second kappa shape index (κ2) is 6.40. The maximum absolute atomic E-state index is 13.5. The van der Waals surface area contributed by atoms with Crippen molar-refractivity contribution < 1.29 is 18.0 Å². The molecular weight excluding hydrogens is 254 g/mol. The molecule has 0 aliphatic heterocycles. The first-order chi connectivity index (χ1) is 9.20. The Bertz CT molecular complexity index is 543. The van der Waals surface area contributed by atoms with Crippen LogP contribution in [0.5, 0.6) is 0 Å². The summed E-state index contributed by atoms with van der Waals surface area (Å²) in [4.78, 5) is 0. The molecule has 2 rings (SSSR count). The first-order valence-electron chi connectivity index (χ1n) is 5.81. The molecule has 0 unspecified atom stereocenters. The summed E-state index contributed by atoms with van der Waals surface area (Å²) >= 11 is 0. The Morgan fingerprint density at radius 3 is 2.95 bits per heavy atom. The Morgan fingerprint density at radius 2 is 2.16 bits per heavy atom. The molecule has 0 aliphatic carbocycles. The largest absolute Gasteiger partial charge is 0.383 e. The molecule has 4 nitrogen and oxygen atoms in total. The molecule has 0 radical (unpaired) electrons. The van der Waals surface area contributed by atoms with Gasteiger partial charge in [-0.25, -0.2) is 8.78 Å². The van der Waals surface area contributed by atoms with Gasteiger partial charge in [-0.3, -0.25) is 0 Å². The average Bonchev–Trinajstić information content (AvgIpc) is 2.86. The van der Waals surface area contributed by atoms with E-state index in [1.54, 1.807) is 13.2 Å². The van der Waals surface area contributed by atoms with Gasteiger partial charge in [0.25, 0.3) is 0 Å². The highest BCUT2D eigenvalue weighted by molar-refractivity contribution is 5.58. The number of ether oxygens (including phenoxy) is 1. The van der Waals surface area contributed by atoms with Crippen LogP contribution in [0.1, 0.15) is 5.69 Å². The summed E-state index contributed by atoms with van der Waals surface area (Å²) < 4.78 is 36.5. The minimum absolute atomic E-state index is 0.0654. The number of hydrogen-bond donors (Lipinski definition) is 1. The van der Waals surface area contributed by atoms with Gasteiger partial charge in [0.15, 0.2) is 5.76 Å². The van der Waals surface area contributed by atoms with Gasteiger partial charge >= 0.3 is 0 Å². The van der Waals surface area contributed by atoms with Crippen LogP contribution in [0.25, 0.3) is 11.3 Å². The van der Waals surface area contributed by atoms with Crippen LogP contribution in [-0.4, -0.2) is 25.4 Å². The number of rotatable bonds is 6. The summed E-state index contributed by atoms with van der Waals surface area (Å²) in [7, 11) is 1.61. The normalized spacial score (nSPS) is 10.9. The Morgan fingerprint density at radius 1 is 1.32 bits per heavy atom. The summed E-state index contributed by atoms with van der Waals surface area (Å²) in [6, 6.07) is 4.78. The lowest BCUT2D eigenvalue weighted by atomic mass is 10.1. The number of nitrogens with zero attached hydrogens (tertiary/aromatic N) is 1. The van der Waals surface area contributed by atoms with E-state index in [9.17, 15) is 8.78 Å². The van der Waals surface area contributed by atoms with Gasteiger partial charge in [0.05, 0.1) is 17.9 Å². The van der Waals surface area contributed by atoms with Crippen molar-refractivity contribution in [2.24, 2.45) is 0 Å². The lowest BCUT2D eigenvalue weighted by molar-refractivity contribution is 0.199. The molecule has 0 amide bonds. The SMILES string of the molecule is COCCNCc1cc(-c2cc(F)ccc2F)on1. The van der Waals surface area contributed by atoms with Gasteiger partial charge in [-0.15, -0.1) is 0 Å². The zero-order chi connectivity index (χ0) is 13.7. The van der Waals surface area contributed by atoms with Crippen LogP contribution < -0.4 is 5.32 Å². The van der Waals surface area contributed by atoms with E-state index < -0.39 is 11.6 Å². The third-order valence-electron chi connectivity index (χ3n) is 2.54. The molecule has 1 N–H and O–H groups in total. The lowest BCUT2D eigenvalue weighted by Gasteiger charge is -1.99. The predicted molar refractivity (Wildman–Crippen MR) is 65.4 cm³/mol. The smallest absolute Gasteiger partial charge is 0.170 e. The van der Waals surface area contributed by atoms with E-state index in [1.165, 1.54) is 0 Å². The standard InChI is InChI=1S/C13H14F2N2O2/c1-18-5-4-16-8-10-7-13(19-17-10)11-6-9(14)2-3-12(11)15/h2-3,6-7,16H,4-5,8H2,1H3. The van der Waals surface area contributed by atoms with E-state index in [-0.39, 0.29) is 11.3 Å². The molecule has 1 aromatic heterocycles. The number of benzene rings is 1. The number of nitrogens with one attached hydrogen (secondary N) is 1. The van der Waals surface area contributed by atoms with E-state index in [0.717, 1.165) is 18.2 Å². The number of halogens is 2. The van der Waals surface area contributed by atoms with Gasteiger partial charge in [0.2, 0.25) is 0 Å². The van der Waals surface area contributed by atoms with Gasteiger partial charge in [0.1, 0.15) is 11.6 Å². The molecule has 1 heterocycles. The Hall–Kier alpha value is -1.79. The lowest BCUT2D eigenvalue weighted by Crippen LogP contribution is -2.18. The summed E-state index contributed by atoms with van der Waals surface area (Å²) in [5.41, 5.74) is 0.686. The van der Waals surface area contributed by atoms with Crippen LogP contribution in [0.15, 0.2) is 28.8 Å². The van der Waals surface area contributed by atoms with Crippen LogP contribution in [0, 0.1) is 11.6 Å². The maximum atomic E-state index is 13.5. The predicted octanol–water partition coefficient (Wildman–Crippen LogP) is 2.36. The van der Waals surface area contributed by atoms with Gasteiger partial charge in [-0.2, -0.15) is 0 Å². The van der Waals surface area contributed by atoms with Crippen LogP contribution in [0.4, 0.5) is 8.78 Å². The fourth-order valence-electron chi connectivity index (χ4n) is 1.60. The quantitative estimate of drug-likeness (QED) is 0.817. The van der Waals surface area contributed by atoms with Gasteiger partial charge in [-0.1, -0.05) is 5.16 Å². The summed E-state index contributed by atoms with van der Waals surface area (Å²) in [6.45, 7) is 1.74. The fourth-order valence-corrected chi connectivity index (χ4v) is 1.60. The topological polar surface area (TPSA) is 47.3 Å².